The van der Waals surface area contributed by atoms with E-state index in [1.54, 1.807) is 0 Å². The molecule has 1 atom stereocenters. The Kier molecular flexibility index (Phi) is 6.52. The monoisotopic (exact) mass is 342 g/mol. The van der Waals surface area contributed by atoms with E-state index in [0.717, 1.165) is 52.0 Å². The Morgan fingerprint density at radius 1 is 1.12 bits per heavy atom. The van der Waals surface area contributed by atoms with Crippen LogP contribution in [0, 0.1) is 18.8 Å². The van der Waals surface area contributed by atoms with E-state index in [1.165, 1.54) is 30.4 Å². The number of aryl methyl sites for hydroxylation is 2. The highest BCUT2D eigenvalue weighted by Gasteiger charge is 2.30. The first-order chi connectivity index (χ1) is 12.2. The predicted octanol–water partition coefficient (Wildman–Crippen LogP) is 3.90. The molecule has 1 amide bonds. The van der Waals surface area contributed by atoms with Crippen molar-refractivity contribution in [1.82, 2.24) is 9.80 Å². The average molecular weight is 343 g/mol. The molecule has 2 heterocycles. The van der Waals surface area contributed by atoms with Crippen LogP contribution in [-0.2, 0) is 11.2 Å². The molecule has 2 aliphatic rings. The number of nitrogens with zero attached hydrogens (tertiary/aromatic N) is 2. The minimum absolute atomic E-state index is 0.276. The molecule has 1 aromatic rings. The third-order valence-corrected chi connectivity index (χ3v) is 6.30. The molecule has 0 aromatic heterocycles. The van der Waals surface area contributed by atoms with E-state index in [9.17, 15) is 4.79 Å². The molecule has 1 aromatic carbocycles. The first-order valence-electron chi connectivity index (χ1n) is 10.2. The van der Waals surface area contributed by atoms with Crippen LogP contribution in [0.15, 0.2) is 24.3 Å². The molecule has 2 fully saturated rings. The lowest BCUT2D eigenvalue weighted by Gasteiger charge is -2.37. The number of amides is 1. The lowest BCUT2D eigenvalue weighted by Crippen LogP contribution is -2.46. The van der Waals surface area contributed by atoms with Gasteiger partial charge in [0.1, 0.15) is 0 Å². The van der Waals surface area contributed by atoms with Gasteiger partial charge in [-0.05, 0) is 82.1 Å². The Hall–Kier alpha value is -1.35. The summed E-state index contributed by atoms with van der Waals surface area (Å²) < 4.78 is 0. The molecular formula is C22H34N2O. The summed E-state index contributed by atoms with van der Waals surface area (Å²) in [4.78, 5) is 17.6. The van der Waals surface area contributed by atoms with Crippen molar-refractivity contribution in [2.75, 3.05) is 32.7 Å². The van der Waals surface area contributed by atoms with Crippen molar-refractivity contribution >= 4 is 5.91 Å². The fourth-order valence-corrected chi connectivity index (χ4v) is 4.51. The summed E-state index contributed by atoms with van der Waals surface area (Å²) in [6.45, 7) is 9.69. The Labute approximate surface area is 153 Å². The van der Waals surface area contributed by atoms with Crippen molar-refractivity contribution in [3.05, 3.63) is 35.4 Å². The first kappa shape index (κ1) is 18.4. The number of hydrogen-bond acceptors (Lipinski definition) is 2. The summed E-state index contributed by atoms with van der Waals surface area (Å²) >= 11 is 0. The molecule has 0 spiro atoms. The van der Waals surface area contributed by atoms with E-state index >= 15 is 0 Å². The fourth-order valence-electron chi connectivity index (χ4n) is 4.51. The standard InChI is InChI=1S/C22H34N2O/c1-3-23-15-12-21(13-16-23)22(25)24-14-6-8-19(17-24)10-11-20-9-5-4-7-18(20)2/h4-5,7,9,19,21H,3,6,8,10-17H2,1-2H3/t19-/m1/s1. The molecule has 0 unspecified atom stereocenters. The van der Waals surface area contributed by atoms with E-state index in [-0.39, 0.29) is 5.92 Å². The van der Waals surface area contributed by atoms with E-state index < -0.39 is 0 Å². The summed E-state index contributed by atoms with van der Waals surface area (Å²) in [5, 5.41) is 0. The maximum atomic E-state index is 12.9. The highest BCUT2D eigenvalue weighted by Crippen LogP contribution is 2.26. The third kappa shape index (κ3) is 4.84. The van der Waals surface area contributed by atoms with Crippen LogP contribution in [0.4, 0.5) is 0 Å². The second-order valence-electron chi connectivity index (χ2n) is 7.97. The zero-order chi connectivity index (χ0) is 17.6. The Morgan fingerprint density at radius 3 is 2.60 bits per heavy atom. The van der Waals surface area contributed by atoms with Crippen molar-refractivity contribution < 1.29 is 4.79 Å². The van der Waals surface area contributed by atoms with Crippen LogP contribution in [0.3, 0.4) is 0 Å². The summed E-state index contributed by atoms with van der Waals surface area (Å²) in [7, 11) is 0. The van der Waals surface area contributed by atoms with Crippen LogP contribution in [0.1, 0.15) is 50.2 Å². The first-order valence-corrected chi connectivity index (χ1v) is 10.2. The SMILES string of the molecule is CCN1CCC(C(=O)N2CCC[C@H](CCc3ccccc3C)C2)CC1. The minimum atomic E-state index is 0.276. The number of likely N-dealkylation sites (tertiary alicyclic amines) is 2. The maximum Gasteiger partial charge on any atom is 0.225 e. The number of rotatable bonds is 5. The third-order valence-electron chi connectivity index (χ3n) is 6.30. The van der Waals surface area contributed by atoms with Gasteiger partial charge in [0.15, 0.2) is 0 Å². The molecule has 138 valence electrons. The van der Waals surface area contributed by atoms with Crippen LogP contribution >= 0.6 is 0 Å². The molecule has 3 rings (SSSR count). The second kappa shape index (κ2) is 8.84. The lowest BCUT2D eigenvalue weighted by molar-refractivity contribution is -0.139. The molecule has 2 aliphatic heterocycles. The van der Waals surface area contributed by atoms with E-state index in [4.69, 9.17) is 0 Å². The van der Waals surface area contributed by atoms with Crippen molar-refractivity contribution in [2.45, 2.75) is 52.4 Å². The van der Waals surface area contributed by atoms with Gasteiger partial charge in [-0.25, -0.2) is 0 Å². The highest BCUT2D eigenvalue weighted by atomic mass is 16.2. The van der Waals surface area contributed by atoms with E-state index in [2.05, 4.69) is 47.9 Å². The van der Waals surface area contributed by atoms with E-state index in [1.807, 2.05) is 0 Å². The summed E-state index contributed by atoms with van der Waals surface area (Å²) in [6, 6.07) is 8.71. The Morgan fingerprint density at radius 2 is 1.88 bits per heavy atom. The average Bonchev–Trinajstić information content (AvgIpc) is 2.67. The topological polar surface area (TPSA) is 23.6 Å². The smallest absolute Gasteiger partial charge is 0.225 e. The molecule has 0 radical (unpaired) electrons. The number of carbonyl (C=O) groups excluding carboxylic acids is 1. The van der Waals surface area contributed by atoms with Crippen molar-refractivity contribution in [2.24, 2.45) is 11.8 Å². The quantitative estimate of drug-likeness (QED) is 0.810. The lowest BCUT2D eigenvalue weighted by atomic mass is 9.89. The van der Waals surface area contributed by atoms with Gasteiger partial charge in [-0.2, -0.15) is 0 Å². The molecule has 0 N–H and O–H groups in total. The molecule has 0 aliphatic carbocycles. The largest absolute Gasteiger partial charge is 0.342 e. The maximum absolute atomic E-state index is 12.9. The molecule has 2 saturated heterocycles. The van der Waals surface area contributed by atoms with Crippen molar-refractivity contribution in [3.8, 4) is 0 Å². The molecule has 3 heteroatoms. The zero-order valence-corrected chi connectivity index (χ0v) is 16.0. The number of hydrogen-bond donors (Lipinski definition) is 0. The predicted molar refractivity (Wildman–Crippen MR) is 104 cm³/mol. The van der Waals surface area contributed by atoms with Gasteiger partial charge in [0, 0.05) is 19.0 Å². The van der Waals surface area contributed by atoms with Crippen LogP contribution in [-0.4, -0.2) is 48.4 Å². The Bertz CT molecular complexity index is 563. The van der Waals surface area contributed by atoms with Gasteiger partial charge in [0.25, 0.3) is 0 Å². The summed E-state index contributed by atoms with van der Waals surface area (Å²) in [6.07, 6.45) is 6.92. The van der Waals surface area contributed by atoms with Gasteiger partial charge in [0.2, 0.25) is 5.91 Å². The second-order valence-corrected chi connectivity index (χ2v) is 7.97. The number of piperidine rings is 2. The molecule has 3 nitrogen and oxygen atoms in total. The molecule has 0 saturated carbocycles. The summed E-state index contributed by atoms with van der Waals surface area (Å²) in [5.74, 6) is 1.39. The Balaban J connectivity index is 1.49. The molecule has 0 bridgehead atoms. The normalized spacial score (nSPS) is 23.0. The molecular weight excluding hydrogens is 308 g/mol. The molecule has 25 heavy (non-hydrogen) atoms. The van der Waals surface area contributed by atoms with Gasteiger partial charge in [-0.1, -0.05) is 31.2 Å². The summed E-state index contributed by atoms with van der Waals surface area (Å²) in [5.41, 5.74) is 2.87. The van der Waals surface area contributed by atoms with Crippen LogP contribution < -0.4 is 0 Å². The van der Waals surface area contributed by atoms with Crippen LogP contribution in [0.2, 0.25) is 0 Å². The highest BCUT2D eigenvalue weighted by molar-refractivity contribution is 5.79. The van der Waals surface area contributed by atoms with Crippen molar-refractivity contribution in [1.29, 1.82) is 0 Å². The number of carbonyl (C=O) groups is 1. The van der Waals surface area contributed by atoms with Gasteiger partial charge in [-0.15, -0.1) is 0 Å². The number of benzene rings is 1. The minimum Gasteiger partial charge on any atom is -0.342 e. The van der Waals surface area contributed by atoms with Crippen molar-refractivity contribution in [3.63, 3.8) is 0 Å². The fraction of sp³-hybridized carbons (Fsp3) is 0.682. The van der Waals surface area contributed by atoms with Crippen LogP contribution in [0.25, 0.3) is 0 Å². The van der Waals surface area contributed by atoms with E-state index in [0.29, 0.717) is 11.8 Å². The van der Waals surface area contributed by atoms with Crippen LogP contribution in [0.5, 0.6) is 0 Å². The van der Waals surface area contributed by atoms with Gasteiger partial charge in [0.05, 0.1) is 0 Å². The van der Waals surface area contributed by atoms with Gasteiger partial charge < -0.3 is 9.80 Å². The zero-order valence-electron chi connectivity index (χ0n) is 16.0. The van der Waals surface area contributed by atoms with Gasteiger partial charge in [-0.3, -0.25) is 4.79 Å². The van der Waals surface area contributed by atoms with Gasteiger partial charge >= 0.3 is 0 Å².